The topological polar surface area (TPSA) is 89.9 Å². The molecule has 1 aliphatic heterocycles. The van der Waals surface area contributed by atoms with E-state index in [1.807, 2.05) is 16.5 Å². The Labute approximate surface area is 141 Å². The first-order chi connectivity index (χ1) is 11.2. The van der Waals surface area contributed by atoms with E-state index in [1.54, 1.807) is 0 Å². The van der Waals surface area contributed by atoms with Crippen LogP contribution in [0.25, 0.3) is 11.0 Å². The largest absolute Gasteiger partial charge is 0.383 e. The molecule has 0 unspecified atom stereocenters. The lowest BCUT2D eigenvalue weighted by molar-refractivity contribution is -0.126. The van der Waals surface area contributed by atoms with E-state index in [-0.39, 0.29) is 23.4 Å². The molecule has 0 saturated carbocycles. The van der Waals surface area contributed by atoms with E-state index >= 15 is 0 Å². The van der Waals surface area contributed by atoms with Crippen LogP contribution in [-0.4, -0.2) is 43.1 Å². The number of aromatic nitrogens is 4. The molecule has 2 atom stereocenters. The molecular weight excluding hydrogens is 304 g/mol. The Balaban J connectivity index is 2.10. The van der Waals surface area contributed by atoms with Gasteiger partial charge in [0.1, 0.15) is 12.1 Å². The van der Waals surface area contributed by atoms with Crippen LogP contribution in [0.15, 0.2) is 19.0 Å². The Bertz CT molecular complexity index is 803. The van der Waals surface area contributed by atoms with Crippen molar-refractivity contribution in [3.63, 3.8) is 0 Å². The number of nitrogens with two attached hydrogens (primary N) is 1. The van der Waals surface area contributed by atoms with Crippen LogP contribution in [0.3, 0.4) is 0 Å². The summed E-state index contributed by atoms with van der Waals surface area (Å²) in [5, 5.41) is 5.64. The van der Waals surface area contributed by atoms with Gasteiger partial charge in [-0.25, -0.2) is 14.6 Å². The quantitative estimate of drug-likeness (QED) is 0.852. The lowest BCUT2D eigenvalue weighted by atomic mass is 9.90. The van der Waals surface area contributed by atoms with Gasteiger partial charge in [-0.15, -0.1) is 0 Å². The van der Waals surface area contributed by atoms with E-state index < -0.39 is 0 Å². The Kier molecular flexibility index (Phi) is 3.81. The Morgan fingerprint density at radius 3 is 2.75 bits per heavy atom. The number of likely N-dealkylation sites (tertiary alicyclic amines) is 1. The van der Waals surface area contributed by atoms with Crippen molar-refractivity contribution in [2.75, 3.05) is 12.3 Å². The Hall–Kier alpha value is -2.44. The summed E-state index contributed by atoms with van der Waals surface area (Å²) in [7, 11) is 0. The van der Waals surface area contributed by atoms with Crippen molar-refractivity contribution in [2.24, 2.45) is 0 Å². The molecule has 1 fully saturated rings. The monoisotopic (exact) mass is 328 g/mol. The summed E-state index contributed by atoms with van der Waals surface area (Å²) in [4.78, 5) is 22.4. The number of nitrogens with zero attached hydrogens (tertiary/aromatic N) is 5. The molecule has 0 bridgehead atoms. The molecule has 1 amide bonds. The van der Waals surface area contributed by atoms with Gasteiger partial charge in [0.25, 0.3) is 0 Å². The van der Waals surface area contributed by atoms with Crippen LogP contribution in [0.2, 0.25) is 0 Å². The number of nitrogen functional groups attached to an aromatic ring is 1. The smallest absolute Gasteiger partial charge is 0.246 e. The molecule has 0 radical (unpaired) electrons. The molecule has 7 nitrogen and oxygen atoms in total. The van der Waals surface area contributed by atoms with Gasteiger partial charge in [-0.05, 0) is 19.4 Å². The molecule has 7 heteroatoms. The molecule has 1 saturated heterocycles. The van der Waals surface area contributed by atoms with Crippen LogP contribution in [-0.2, 0) is 10.2 Å². The third kappa shape index (κ3) is 2.53. The van der Waals surface area contributed by atoms with Gasteiger partial charge in [-0.1, -0.05) is 27.4 Å². The summed E-state index contributed by atoms with van der Waals surface area (Å²) >= 11 is 0. The lowest BCUT2D eigenvalue weighted by Gasteiger charge is -2.19. The first-order valence-electron chi connectivity index (χ1n) is 8.16. The average Bonchev–Trinajstić information content (AvgIpc) is 3.07. The fourth-order valence-electron chi connectivity index (χ4n) is 3.38. The Morgan fingerprint density at radius 1 is 1.42 bits per heavy atom. The summed E-state index contributed by atoms with van der Waals surface area (Å²) in [6.07, 6.45) is 3.65. The second kappa shape index (κ2) is 5.58. The van der Waals surface area contributed by atoms with Gasteiger partial charge in [-0.3, -0.25) is 4.79 Å². The van der Waals surface area contributed by atoms with Crippen LogP contribution in [0.4, 0.5) is 5.82 Å². The summed E-state index contributed by atoms with van der Waals surface area (Å²) in [6.45, 7) is 12.5. The van der Waals surface area contributed by atoms with Crippen molar-refractivity contribution >= 4 is 22.8 Å². The molecule has 0 aromatic carbocycles. The molecule has 0 aliphatic carbocycles. The number of carbonyl (C=O) groups is 1. The molecular formula is C17H24N6O. The predicted molar refractivity (Wildman–Crippen MR) is 93.5 cm³/mol. The zero-order chi connectivity index (χ0) is 17.6. The fraction of sp³-hybridized carbons (Fsp3) is 0.529. The normalized spacial score (nSPS) is 21.4. The molecule has 2 aromatic rings. The minimum Gasteiger partial charge on any atom is -0.383 e. The molecule has 1 aliphatic rings. The highest BCUT2D eigenvalue weighted by Gasteiger charge is 2.35. The van der Waals surface area contributed by atoms with E-state index in [2.05, 4.69) is 37.3 Å². The molecule has 24 heavy (non-hydrogen) atoms. The third-order valence-corrected chi connectivity index (χ3v) is 4.58. The van der Waals surface area contributed by atoms with E-state index in [0.29, 0.717) is 12.4 Å². The lowest BCUT2D eigenvalue weighted by Crippen LogP contribution is -2.32. The second-order valence-corrected chi connectivity index (χ2v) is 7.43. The number of hydrogen-bond donors (Lipinski definition) is 1. The minimum atomic E-state index is -0.177. The highest BCUT2D eigenvalue weighted by Crippen LogP contribution is 2.35. The summed E-state index contributed by atoms with van der Waals surface area (Å²) in [5.41, 5.74) is 7.55. The molecule has 3 heterocycles. The highest BCUT2D eigenvalue weighted by molar-refractivity contribution is 5.89. The predicted octanol–water partition coefficient (Wildman–Crippen LogP) is 2.05. The van der Waals surface area contributed by atoms with Crippen LogP contribution in [0, 0.1) is 0 Å². The van der Waals surface area contributed by atoms with E-state index in [4.69, 9.17) is 10.8 Å². The minimum absolute atomic E-state index is 0.0494. The van der Waals surface area contributed by atoms with Gasteiger partial charge in [0.05, 0.1) is 17.1 Å². The zero-order valence-electron chi connectivity index (χ0n) is 14.7. The van der Waals surface area contributed by atoms with Crippen molar-refractivity contribution in [1.29, 1.82) is 0 Å². The van der Waals surface area contributed by atoms with Crippen molar-refractivity contribution < 1.29 is 4.79 Å². The van der Waals surface area contributed by atoms with Crippen molar-refractivity contribution in [2.45, 2.75) is 51.6 Å². The average molecular weight is 328 g/mol. The molecule has 2 N–H and O–H groups in total. The Morgan fingerprint density at radius 2 is 2.12 bits per heavy atom. The first-order valence-corrected chi connectivity index (χ1v) is 8.16. The standard InChI is InChI=1S/C17H24N6O/c1-6-12(24)22-8-11(7-10(22)2)23-16-13(15(18)19-9-20-16)14(21-23)17(3,4)5/h6,9-11H,1,7-8H2,2-5H3,(H2,18,19,20)/t10-,11-/m1/s1. The molecule has 3 rings (SSSR count). The van der Waals surface area contributed by atoms with Crippen LogP contribution in [0.5, 0.6) is 0 Å². The first kappa shape index (κ1) is 16.4. The van der Waals surface area contributed by atoms with Crippen molar-refractivity contribution in [3.8, 4) is 0 Å². The van der Waals surface area contributed by atoms with Crippen molar-refractivity contribution in [1.82, 2.24) is 24.6 Å². The fourth-order valence-corrected chi connectivity index (χ4v) is 3.38. The number of carbonyl (C=O) groups excluding carboxylic acids is 1. The van der Waals surface area contributed by atoms with Crippen molar-refractivity contribution in [3.05, 3.63) is 24.7 Å². The van der Waals surface area contributed by atoms with E-state index in [9.17, 15) is 4.79 Å². The highest BCUT2D eigenvalue weighted by atomic mass is 16.2. The maximum absolute atomic E-state index is 12.0. The van der Waals surface area contributed by atoms with Gasteiger partial charge < -0.3 is 10.6 Å². The van der Waals surface area contributed by atoms with Gasteiger partial charge in [0.2, 0.25) is 5.91 Å². The zero-order valence-corrected chi connectivity index (χ0v) is 14.7. The van der Waals surface area contributed by atoms with Crippen LogP contribution in [0.1, 0.15) is 45.9 Å². The number of amides is 1. The molecule has 128 valence electrons. The van der Waals surface area contributed by atoms with E-state index in [0.717, 1.165) is 23.1 Å². The summed E-state index contributed by atoms with van der Waals surface area (Å²) in [5.74, 6) is 0.396. The molecule has 2 aromatic heterocycles. The summed E-state index contributed by atoms with van der Waals surface area (Å²) < 4.78 is 1.92. The van der Waals surface area contributed by atoms with Gasteiger partial charge in [0, 0.05) is 18.0 Å². The maximum atomic E-state index is 12.0. The number of hydrogen-bond acceptors (Lipinski definition) is 5. The number of anilines is 1. The molecule has 0 spiro atoms. The van der Waals surface area contributed by atoms with Crippen LogP contribution >= 0.6 is 0 Å². The second-order valence-electron chi connectivity index (χ2n) is 7.43. The number of rotatable bonds is 2. The van der Waals surface area contributed by atoms with Crippen LogP contribution < -0.4 is 5.73 Å². The summed E-state index contributed by atoms with van der Waals surface area (Å²) in [6, 6.07) is 0.203. The maximum Gasteiger partial charge on any atom is 0.246 e. The van der Waals surface area contributed by atoms with E-state index in [1.165, 1.54) is 12.4 Å². The number of fused-ring (bicyclic) bond motifs is 1. The van der Waals surface area contributed by atoms with Gasteiger partial charge in [0.15, 0.2) is 5.65 Å². The van der Waals surface area contributed by atoms with Gasteiger partial charge in [-0.2, -0.15) is 5.10 Å². The third-order valence-electron chi connectivity index (χ3n) is 4.58. The SMILES string of the molecule is C=CC(=O)N1C[C@H](n2nc(C(C)(C)C)c3c(N)ncnc32)C[C@H]1C. The van der Waals surface area contributed by atoms with Gasteiger partial charge >= 0.3 is 0 Å².